The molecule has 0 atom stereocenters. The molecule has 0 radical (unpaired) electrons. The van der Waals surface area contributed by atoms with E-state index in [1.165, 1.54) is 0 Å². The first-order chi connectivity index (χ1) is 14.2. The molecule has 3 rings (SSSR count). The van der Waals surface area contributed by atoms with E-state index < -0.39 is 0 Å². The Balaban J connectivity index is 2.52. The van der Waals surface area contributed by atoms with Crippen molar-refractivity contribution in [3.8, 4) is 33.8 Å². The van der Waals surface area contributed by atoms with Crippen LogP contribution in [0, 0.1) is 20.8 Å². The highest BCUT2D eigenvalue weighted by molar-refractivity contribution is 5.91. The van der Waals surface area contributed by atoms with E-state index in [4.69, 9.17) is 0 Å². The molecule has 0 aliphatic carbocycles. The Morgan fingerprint density at radius 1 is 0.548 bits per heavy atom. The van der Waals surface area contributed by atoms with Crippen LogP contribution in [0.4, 0.5) is 0 Å². The fourth-order valence-corrected chi connectivity index (χ4v) is 4.39. The molecule has 3 aromatic carbocycles. The third kappa shape index (κ3) is 4.08. The summed E-state index contributed by atoms with van der Waals surface area (Å²) in [6.07, 6.45) is 0. The third-order valence-electron chi connectivity index (χ3n) is 6.35. The van der Waals surface area contributed by atoms with Crippen molar-refractivity contribution < 1.29 is 10.2 Å². The maximum absolute atomic E-state index is 11.2. The topological polar surface area (TPSA) is 40.5 Å². The maximum Gasteiger partial charge on any atom is 0.123 e. The van der Waals surface area contributed by atoms with Crippen molar-refractivity contribution in [2.75, 3.05) is 0 Å². The summed E-state index contributed by atoms with van der Waals surface area (Å²) in [5.74, 6) is 0.737. The molecule has 0 saturated carbocycles. The lowest BCUT2D eigenvalue weighted by atomic mass is 9.76. The molecule has 0 saturated heterocycles. The number of aromatic hydroxyl groups is 2. The van der Waals surface area contributed by atoms with E-state index in [-0.39, 0.29) is 10.8 Å². The van der Waals surface area contributed by atoms with Gasteiger partial charge in [-0.25, -0.2) is 0 Å². The Morgan fingerprint density at radius 2 is 1.00 bits per heavy atom. The van der Waals surface area contributed by atoms with Gasteiger partial charge in [-0.05, 0) is 82.7 Å². The zero-order valence-corrected chi connectivity index (χ0v) is 20.4. The second-order valence-corrected chi connectivity index (χ2v) is 10.8. The van der Waals surface area contributed by atoms with Crippen LogP contribution in [-0.4, -0.2) is 10.2 Å². The summed E-state index contributed by atoms with van der Waals surface area (Å²) in [4.78, 5) is 0. The molecule has 0 aliphatic rings. The summed E-state index contributed by atoms with van der Waals surface area (Å²) < 4.78 is 0. The van der Waals surface area contributed by atoms with Gasteiger partial charge in [0.1, 0.15) is 11.5 Å². The number of benzene rings is 3. The van der Waals surface area contributed by atoms with E-state index in [1.807, 2.05) is 32.0 Å². The van der Waals surface area contributed by atoms with Gasteiger partial charge in [0.15, 0.2) is 0 Å². The second-order valence-electron chi connectivity index (χ2n) is 10.8. The van der Waals surface area contributed by atoms with Crippen LogP contribution in [0.5, 0.6) is 11.5 Å². The van der Waals surface area contributed by atoms with Gasteiger partial charge in [0.05, 0.1) is 0 Å². The molecular weight excluding hydrogens is 380 g/mol. The lowest BCUT2D eigenvalue weighted by molar-refractivity contribution is 0.423. The first-order valence-electron chi connectivity index (χ1n) is 11.0. The summed E-state index contributed by atoms with van der Waals surface area (Å²) in [5.41, 5.74) is 8.64. The van der Waals surface area contributed by atoms with Crippen LogP contribution in [0.15, 0.2) is 42.5 Å². The molecule has 0 aromatic heterocycles. The summed E-state index contributed by atoms with van der Waals surface area (Å²) in [7, 11) is 0. The van der Waals surface area contributed by atoms with E-state index in [9.17, 15) is 10.2 Å². The summed E-state index contributed by atoms with van der Waals surface area (Å²) >= 11 is 0. The minimum atomic E-state index is -0.206. The van der Waals surface area contributed by atoms with Crippen molar-refractivity contribution in [2.24, 2.45) is 0 Å². The third-order valence-corrected chi connectivity index (χ3v) is 6.35. The van der Waals surface area contributed by atoms with E-state index >= 15 is 0 Å². The number of hydrogen-bond donors (Lipinski definition) is 2. The Hall–Kier alpha value is -2.74. The summed E-state index contributed by atoms with van der Waals surface area (Å²) in [5, 5.41) is 22.1. The Kier molecular flexibility index (Phi) is 5.73. The molecule has 0 unspecified atom stereocenters. The minimum Gasteiger partial charge on any atom is -0.507 e. The zero-order chi connectivity index (χ0) is 23.3. The molecule has 2 heteroatoms. The number of hydrogen-bond acceptors (Lipinski definition) is 2. The lowest BCUT2D eigenvalue weighted by Crippen LogP contribution is -2.17. The predicted octanol–water partition coefficient (Wildman–Crippen LogP) is 7.95. The van der Waals surface area contributed by atoms with Gasteiger partial charge < -0.3 is 10.2 Å². The maximum atomic E-state index is 11.2. The molecule has 0 aliphatic heterocycles. The number of phenols is 2. The van der Waals surface area contributed by atoms with Gasteiger partial charge in [-0.15, -0.1) is 0 Å². The normalized spacial score (nSPS) is 12.3. The van der Waals surface area contributed by atoms with Crippen LogP contribution in [0.2, 0.25) is 0 Å². The first-order valence-corrected chi connectivity index (χ1v) is 11.0. The Bertz CT molecular complexity index is 1090. The second kappa shape index (κ2) is 7.75. The monoisotopic (exact) mass is 416 g/mol. The molecule has 2 N–H and O–H groups in total. The molecular formula is C29H36O2. The van der Waals surface area contributed by atoms with E-state index in [0.717, 1.165) is 50.1 Å². The van der Waals surface area contributed by atoms with Gasteiger partial charge in [-0.2, -0.15) is 0 Å². The molecule has 31 heavy (non-hydrogen) atoms. The van der Waals surface area contributed by atoms with Crippen molar-refractivity contribution >= 4 is 0 Å². The van der Waals surface area contributed by atoms with Gasteiger partial charge in [-0.1, -0.05) is 71.9 Å². The van der Waals surface area contributed by atoms with Crippen molar-refractivity contribution in [3.05, 3.63) is 70.3 Å². The molecule has 164 valence electrons. The highest BCUT2D eigenvalue weighted by Crippen LogP contribution is 2.47. The predicted molar refractivity (Wildman–Crippen MR) is 132 cm³/mol. The van der Waals surface area contributed by atoms with Gasteiger partial charge in [-0.3, -0.25) is 0 Å². The van der Waals surface area contributed by atoms with Crippen molar-refractivity contribution in [3.63, 3.8) is 0 Å². The van der Waals surface area contributed by atoms with Crippen LogP contribution in [0.3, 0.4) is 0 Å². The van der Waals surface area contributed by atoms with Crippen molar-refractivity contribution in [1.29, 1.82) is 0 Å². The van der Waals surface area contributed by atoms with E-state index in [1.54, 1.807) is 0 Å². The summed E-state index contributed by atoms with van der Waals surface area (Å²) in [6, 6.07) is 14.5. The van der Waals surface area contributed by atoms with Crippen LogP contribution in [0.1, 0.15) is 69.4 Å². The average molecular weight is 417 g/mol. The summed E-state index contributed by atoms with van der Waals surface area (Å²) in [6.45, 7) is 18.9. The van der Waals surface area contributed by atoms with Gasteiger partial charge in [0.25, 0.3) is 0 Å². The van der Waals surface area contributed by atoms with Crippen molar-refractivity contribution in [2.45, 2.75) is 73.1 Å². The highest BCUT2D eigenvalue weighted by atomic mass is 16.3. The molecule has 0 spiro atoms. The van der Waals surface area contributed by atoms with Crippen LogP contribution < -0.4 is 0 Å². The highest BCUT2D eigenvalue weighted by Gasteiger charge is 2.28. The van der Waals surface area contributed by atoms with Gasteiger partial charge in [0, 0.05) is 11.1 Å². The van der Waals surface area contributed by atoms with Crippen LogP contribution in [0.25, 0.3) is 22.3 Å². The van der Waals surface area contributed by atoms with Gasteiger partial charge in [0.2, 0.25) is 0 Å². The first kappa shape index (κ1) is 22.9. The molecule has 0 fully saturated rings. The molecule has 0 heterocycles. The van der Waals surface area contributed by atoms with E-state index in [2.05, 4.69) is 72.7 Å². The minimum absolute atomic E-state index is 0.206. The zero-order valence-electron chi connectivity index (χ0n) is 20.4. The molecule has 2 nitrogen and oxygen atoms in total. The lowest BCUT2D eigenvalue weighted by Gasteiger charge is -2.29. The number of rotatable bonds is 2. The largest absolute Gasteiger partial charge is 0.507 e. The Morgan fingerprint density at radius 3 is 1.45 bits per heavy atom. The number of phenolic OH excluding ortho intramolecular Hbond substituents is 2. The fourth-order valence-electron chi connectivity index (χ4n) is 4.39. The van der Waals surface area contributed by atoms with Gasteiger partial charge >= 0.3 is 0 Å². The van der Waals surface area contributed by atoms with Crippen molar-refractivity contribution in [1.82, 2.24) is 0 Å². The van der Waals surface area contributed by atoms with Crippen LogP contribution >= 0.6 is 0 Å². The fraction of sp³-hybridized carbons (Fsp3) is 0.379. The molecule has 0 bridgehead atoms. The Labute approximate surface area is 187 Å². The average Bonchev–Trinajstić information content (AvgIpc) is 2.68. The quantitative estimate of drug-likeness (QED) is 0.445. The SMILES string of the molecule is Cc1c(C)c(-c2cc(C(C)(C)C)c(O)c(C(C)(C)C)c2)c(-c2ccccc2)c(C)c1O. The van der Waals surface area contributed by atoms with Crippen LogP contribution in [-0.2, 0) is 10.8 Å². The molecule has 0 amide bonds. The standard InChI is InChI=1S/C29H36O2/c1-17-18(2)26(30)19(3)25(20-13-11-10-12-14-20)24(17)21-15-22(28(4,5)6)27(31)23(16-21)29(7,8)9/h10-16,30-31H,1-9H3. The smallest absolute Gasteiger partial charge is 0.123 e. The molecule has 3 aromatic rings. The van der Waals surface area contributed by atoms with E-state index in [0.29, 0.717) is 11.5 Å².